The minimum absolute atomic E-state index is 0.196. The summed E-state index contributed by atoms with van der Waals surface area (Å²) in [5.74, 6) is 0. The van der Waals surface area contributed by atoms with E-state index < -0.39 is 44.2 Å². The number of anilines is 6. The Bertz CT molecular complexity index is 2590. The van der Waals surface area contributed by atoms with Crippen LogP contribution in [0.15, 0.2) is 155 Å². The smallest absolute Gasteiger partial charge is 0.308 e. The normalized spacial score (nSPS) is 11.0. The number of amides is 8. The number of benzene rings is 6. The zero-order chi connectivity index (χ0) is 43.6. The number of carbonyl (C=O) groups is 4. The van der Waals surface area contributed by atoms with Gasteiger partial charge in [0.25, 0.3) is 20.0 Å². The Morgan fingerprint density at radius 2 is 0.672 bits per heavy atom. The Morgan fingerprint density at radius 1 is 0.377 bits per heavy atom. The monoisotopic (exact) mass is 860 g/mol. The highest BCUT2D eigenvalue weighted by atomic mass is 32.2. The first-order valence-corrected chi connectivity index (χ1v) is 21.4. The summed E-state index contributed by atoms with van der Waals surface area (Å²) in [5, 5.41) is 15.5. The van der Waals surface area contributed by atoms with Crippen LogP contribution in [0.1, 0.15) is 22.3 Å². The zero-order valence-electron chi connectivity index (χ0n) is 32.6. The topological polar surface area (TPSA) is 233 Å². The van der Waals surface area contributed by atoms with Crippen molar-refractivity contribution in [1.82, 2.24) is 9.44 Å². The van der Waals surface area contributed by atoms with Crippen LogP contribution in [-0.4, -0.2) is 41.0 Å². The predicted molar refractivity (Wildman–Crippen MR) is 235 cm³/mol. The maximum Gasteiger partial charge on any atom is 0.333 e. The molecule has 0 radical (unpaired) electrons. The molecule has 0 aliphatic rings. The van der Waals surface area contributed by atoms with Crippen molar-refractivity contribution in [2.45, 2.75) is 30.1 Å². The molecule has 6 aromatic rings. The van der Waals surface area contributed by atoms with E-state index in [0.717, 1.165) is 22.3 Å². The molecule has 6 aromatic carbocycles. The van der Waals surface area contributed by atoms with Crippen molar-refractivity contribution in [2.75, 3.05) is 31.9 Å². The van der Waals surface area contributed by atoms with Crippen LogP contribution < -0.4 is 41.3 Å². The molecule has 0 unspecified atom stereocenters. The quantitative estimate of drug-likeness (QED) is 0.0596. The number of aryl methyl sites for hydroxylation is 2. The van der Waals surface area contributed by atoms with Gasteiger partial charge in [-0.2, -0.15) is 0 Å². The number of nitrogens with one attached hydrogen (secondary N) is 8. The highest BCUT2D eigenvalue weighted by Gasteiger charge is 2.20. The Morgan fingerprint density at radius 3 is 1.02 bits per heavy atom. The van der Waals surface area contributed by atoms with Gasteiger partial charge in [0.15, 0.2) is 0 Å². The van der Waals surface area contributed by atoms with Crippen LogP contribution in [0.5, 0.6) is 0 Å². The molecule has 8 N–H and O–H groups in total. The molecule has 61 heavy (non-hydrogen) atoms. The van der Waals surface area contributed by atoms with Crippen molar-refractivity contribution >= 4 is 78.3 Å². The van der Waals surface area contributed by atoms with Crippen molar-refractivity contribution in [3.05, 3.63) is 168 Å². The number of rotatable bonds is 12. The summed E-state index contributed by atoms with van der Waals surface area (Å²) < 4.78 is 55.8. The minimum Gasteiger partial charge on any atom is -0.308 e. The first kappa shape index (κ1) is 42.9. The lowest BCUT2D eigenvalue weighted by atomic mass is 10.0. The molecule has 0 aliphatic heterocycles. The third-order valence-corrected chi connectivity index (χ3v) is 11.4. The molecule has 0 atom stereocenters. The number of sulfonamides is 2. The molecule has 0 fully saturated rings. The van der Waals surface area contributed by atoms with Gasteiger partial charge in [-0.05, 0) is 116 Å². The standard InChI is InChI=1S/C43H40N8O8S2/c1-28-9-17-32(18-10-28)44-40(52)48-36-5-3-7-38(26-36)60(56,57)50-42(54)46-34-21-13-30(14-22-34)25-31-15-23-35(24-16-31)47-43(55)51-61(58,59)39-8-4-6-37(27-39)49-41(53)45-33-19-11-29(2)12-20-33/h3-24,26-27H,25H2,1-2H3,(H2,44,48,52)(H2,45,49,53)(H2,46,50,54)(H2,47,51,55). The molecule has 8 amide bonds. The summed E-state index contributed by atoms with van der Waals surface area (Å²) in [6, 6.07) is 35.4. The van der Waals surface area contributed by atoms with Gasteiger partial charge in [-0.3, -0.25) is 0 Å². The first-order valence-electron chi connectivity index (χ1n) is 18.4. The highest BCUT2D eigenvalue weighted by molar-refractivity contribution is 7.90. The summed E-state index contributed by atoms with van der Waals surface area (Å²) in [4.78, 5) is 49.7. The van der Waals surface area contributed by atoms with E-state index in [-0.39, 0.29) is 21.2 Å². The van der Waals surface area contributed by atoms with Crippen molar-refractivity contribution in [1.29, 1.82) is 0 Å². The lowest BCUT2D eigenvalue weighted by Gasteiger charge is -2.12. The van der Waals surface area contributed by atoms with Crippen LogP contribution in [0.25, 0.3) is 0 Å². The minimum atomic E-state index is -4.31. The molecule has 0 saturated carbocycles. The van der Waals surface area contributed by atoms with Gasteiger partial charge in [-0.15, -0.1) is 0 Å². The van der Waals surface area contributed by atoms with E-state index in [1.807, 2.05) is 47.6 Å². The largest absolute Gasteiger partial charge is 0.333 e. The number of hydrogen-bond acceptors (Lipinski definition) is 8. The van der Waals surface area contributed by atoms with Gasteiger partial charge in [-0.25, -0.2) is 45.5 Å². The molecule has 0 bridgehead atoms. The number of urea groups is 4. The van der Waals surface area contributed by atoms with Crippen LogP contribution in [0.2, 0.25) is 0 Å². The van der Waals surface area contributed by atoms with E-state index in [0.29, 0.717) is 29.2 Å². The van der Waals surface area contributed by atoms with Gasteiger partial charge in [0, 0.05) is 34.1 Å². The van der Waals surface area contributed by atoms with Crippen LogP contribution in [0, 0.1) is 13.8 Å². The lowest BCUT2D eigenvalue weighted by Crippen LogP contribution is -2.34. The molecule has 0 spiro atoms. The Labute approximate surface area is 352 Å². The molecule has 18 heteroatoms. The summed E-state index contributed by atoms with van der Waals surface area (Å²) >= 11 is 0. The third-order valence-electron chi connectivity index (χ3n) is 8.71. The third kappa shape index (κ3) is 12.6. The fourth-order valence-corrected chi connectivity index (χ4v) is 7.57. The van der Waals surface area contributed by atoms with Crippen molar-refractivity contribution < 1.29 is 36.0 Å². The molecule has 0 aromatic heterocycles. The van der Waals surface area contributed by atoms with Gasteiger partial charge >= 0.3 is 24.1 Å². The molecule has 0 saturated heterocycles. The average Bonchev–Trinajstić information content (AvgIpc) is 3.21. The van der Waals surface area contributed by atoms with E-state index in [4.69, 9.17) is 0 Å². The van der Waals surface area contributed by atoms with Crippen molar-refractivity contribution in [2.24, 2.45) is 0 Å². The first-order chi connectivity index (χ1) is 29.1. The summed E-state index contributed by atoms with van der Waals surface area (Å²) in [7, 11) is -8.61. The summed E-state index contributed by atoms with van der Waals surface area (Å²) in [5.41, 5.74) is 5.90. The molecule has 16 nitrogen and oxygen atoms in total. The Balaban J connectivity index is 0.957. The second-order valence-electron chi connectivity index (χ2n) is 13.6. The fourth-order valence-electron chi connectivity index (χ4n) is 5.67. The van der Waals surface area contributed by atoms with E-state index in [9.17, 15) is 36.0 Å². The SMILES string of the molecule is Cc1ccc(NC(=O)Nc2cccc(S(=O)(=O)NC(=O)Nc3ccc(Cc4ccc(NC(=O)NS(=O)(=O)c5cccc(NC(=O)Nc6ccc(C)cc6)c5)cc4)cc3)c2)cc1. The van der Waals surface area contributed by atoms with Gasteiger partial charge in [0.1, 0.15) is 0 Å². The van der Waals surface area contributed by atoms with Crippen molar-refractivity contribution in [3.8, 4) is 0 Å². The van der Waals surface area contributed by atoms with E-state index in [2.05, 4.69) is 31.9 Å². The molecule has 312 valence electrons. The van der Waals surface area contributed by atoms with Crippen LogP contribution in [0.3, 0.4) is 0 Å². The van der Waals surface area contributed by atoms with Gasteiger partial charge in [0.05, 0.1) is 9.79 Å². The van der Waals surface area contributed by atoms with Crippen LogP contribution in [-0.2, 0) is 26.5 Å². The van der Waals surface area contributed by atoms with Gasteiger partial charge in [-0.1, -0.05) is 71.8 Å². The molecular weight excluding hydrogens is 821 g/mol. The summed E-state index contributed by atoms with van der Waals surface area (Å²) in [6.07, 6.45) is 0.461. The number of hydrogen-bond donors (Lipinski definition) is 8. The van der Waals surface area contributed by atoms with Gasteiger partial charge in [0.2, 0.25) is 0 Å². The second kappa shape index (κ2) is 18.9. The van der Waals surface area contributed by atoms with Gasteiger partial charge < -0.3 is 31.9 Å². The Kier molecular flexibility index (Phi) is 13.3. The number of carbonyl (C=O) groups excluding carboxylic acids is 4. The molecule has 0 heterocycles. The maximum absolute atomic E-state index is 13.0. The van der Waals surface area contributed by atoms with Crippen molar-refractivity contribution in [3.63, 3.8) is 0 Å². The molecular formula is C43H40N8O8S2. The molecule has 0 aliphatic carbocycles. The zero-order valence-corrected chi connectivity index (χ0v) is 34.3. The van der Waals surface area contributed by atoms with E-state index in [1.54, 1.807) is 72.8 Å². The van der Waals surface area contributed by atoms with Crippen LogP contribution in [0.4, 0.5) is 53.3 Å². The predicted octanol–water partition coefficient (Wildman–Crippen LogP) is 8.20. The Hall–Kier alpha value is -7.70. The summed E-state index contributed by atoms with van der Waals surface area (Å²) in [6.45, 7) is 3.83. The second-order valence-corrected chi connectivity index (χ2v) is 17.0. The van der Waals surface area contributed by atoms with E-state index in [1.165, 1.54) is 48.5 Å². The van der Waals surface area contributed by atoms with Crippen LogP contribution >= 0.6 is 0 Å². The average molecular weight is 861 g/mol. The highest BCUT2D eigenvalue weighted by Crippen LogP contribution is 2.20. The van der Waals surface area contributed by atoms with E-state index >= 15 is 0 Å². The molecule has 6 rings (SSSR count). The maximum atomic E-state index is 13.0. The fraction of sp³-hybridized carbons (Fsp3) is 0.0698. The lowest BCUT2D eigenvalue weighted by molar-refractivity contribution is 0.255.